The van der Waals surface area contributed by atoms with E-state index in [-0.39, 0.29) is 18.0 Å². The van der Waals surface area contributed by atoms with Crippen LogP contribution in [0.1, 0.15) is 57.7 Å². The predicted molar refractivity (Wildman–Crippen MR) is 93.1 cm³/mol. The lowest BCUT2D eigenvalue weighted by molar-refractivity contribution is -0.122. The van der Waals surface area contributed by atoms with Crippen molar-refractivity contribution in [3.63, 3.8) is 0 Å². The lowest BCUT2D eigenvalue weighted by Crippen LogP contribution is -2.55. The highest BCUT2D eigenvalue weighted by Gasteiger charge is 2.29. The van der Waals surface area contributed by atoms with E-state index >= 15 is 0 Å². The van der Waals surface area contributed by atoms with Crippen LogP contribution < -0.4 is 5.32 Å². The summed E-state index contributed by atoms with van der Waals surface area (Å²) in [6, 6.07) is 0. The summed E-state index contributed by atoms with van der Waals surface area (Å²) >= 11 is 0. The van der Waals surface area contributed by atoms with Crippen molar-refractivity contribution in [3.8, 4) is 0 Å². The van der Waals surface area contributed by atoms with Gasteiger partial charge in [-0.25, -0.2) is 4.68 Å². The molecule has 8 nitrogen and oxygen atoms in total. The molecule has 3 rings (SSSR count). The van der Waals surface area contributed by atoms with Crippen molar-refractivity contribution in [3.05, 3.63) is 5.82 Å². The van der Waals surface area contributed by atoms with Gasteiger partial charge in [-0.15, -0.1) is 5.10 Å². The van der Waals surface area contributed by atoms with E-state index in [0.29, 0.717) is 12.5 Å². The van der Waals surface area contributed by atoms with E-state index in [4.69, 9.17) is 4.74 Å². The summed E-state index contributed by atoms with van der Waals surface area (Å²) in [5.41, 5.74) is -0.0910. The number of nitrogens with zero attached hydrogens (tertiary/aromatic N) is 5. The summed E-state index contributed by atoms with van der Waals surface area (Å²) < 4.78 is 7.08. The molecule has 1 amide bonds. The lowest BCUT2D eigenvalue weighted by atomic mass is 9.89. The summed E-state index contributed by atoms with van der Waals surface area (Å²) in [5.74, 6) is 1.22. The van der Waals surface area contributed by atoms with E-state index in [1.165, 1.54) is 19.3 Å². The molecule has 1 aliphatic carbocycles. The molecule has 1 aliphatic heterocycles. The topological polar surface area (TPSA) is 85.2 Å². The Morgan fingerprint density at radius 1 is 1.24 bits per heavy atom. The molecule has 0 unspecified atom stereocenters. The summed E-state index contributed by atoms with van der Waals surface area (Å²) in [7, 11) is 0. The largest absolute Gasteiger partial charge is 0.379 e. The van der Waals surface area contributed by atoms with Gasteiger partial charge >= 0.3 is 0 Å². The second-order valence-corrected chi connectivity index (χ2v) is 7.72. The van der Waals surface area contributed by atoms with E-state index in [0.717, 1.165) is 45.0 Å². The van der Waals surface area contributed by atoms with Crippen LogP contribution >= 0.6 is 0 Å². The number of hydrogen-bond acceptors (Lipinski definition) is 6. The van der Waals surface area contributed by atoms with Gasteiger partial charge in [0, 0.05) is 31.1 Å². The third kappa shape index (κ3) is 4.76. The first-order valence-electron chi connectivity index (χ1n) is 9.42. The molecule has 1 aromatic heterocycles. The summed E-state index contributed by atoms with van der Waals surface area (Å²) in [6.45, 7) is 8.43. The minimum atomic E-state index is -0.0910. The molecule has 1 saturated carbocycles. The predicted octanol–water partition coefficient (Wildman–Crippen LogP) is 0.948. The number of rotatable bonds is 6. The quantitative estimate of drug-likeness (QED) is 0.822. The molecule has 1 N–H and O–H groups in total. The molecule has 2 aliphatic rings. The fraction of sp³-hybridized carbons (Fsp3) is 0.882. The van der Waals surface area contributed by atoms with Gasteiger partial charge in [-0.2, -0.15) is 0 Å². The zero-order chi connectivity index (χ0) is 17.7. The number of morpholine rings is 1. The Balaban J connectivity index is 1.52. The minimum Gasteiger partial charge on any atom is -0.379 e. The monoisotopic (exact) mass is 350 g/mol. The fourth-order valence-electron chi connectivity index (χ4n) is 3.76. The molecular formula is C17H30N6O2. The minimum absolute atomic E-state index is 0.0364. The van der Waals surface area contributed by atoms with Gasteiger partial charge in [0.05, 0.1) is 13.2 Å². The van der Waals surface area contributed by atoms with Gasteiger partial charge in [-0.1, -0.05) is 19.3 Å². The Labute approximate surface area is 149 Å². The number of nitrogens with one attached hydrogen (secondary N) is 1. The van der Waals surface area contributed by atoms with E-state index in [1.54, 1.807) is 4.68 Å². The second-order valence-electron chi connectivity index (χ2n) is 7.72. The number of aromatic nitrogens is 4. The third-order valence-corrected chi connectivity index (χ3v) is 5.41. The van der Waals surface area contributed by atoms with E-state index in [9.17, 15) is 4.79 Å². The number of hydrogen-bond donors (Lipinski definition) is 1. The van der Waals surface area contributed by atoms with Crippen LogP contribution in [0, 0.1) is 0 Å². The molecule has 1 saturated heterocycles. The lowest BCUT2D eigenvalue weighted by Gasteiger charge is -2.40. The number of tetrazole rings is 1. The van der Waals surface area contributed by atoms with Crippen molar-refractivity contribution >= 4 is 5.91 Å². The van der Waals surface area contributed by atoms with Gasteiger partial charge in [-0.3, -0.25) is 9.69 Å². The maximum atomic E-state index is 12.4. The second kappa shape index (κ2) is 8.23. The van der Waals surface area contributed by atoms with Gasteiger partial charge in [0.25, 0.3) is 0 Å². The Morgan fingerprint density at radius 3 is 2.68 bits per heavy atom. The molecule has 0 atom stereocenters. The smallest absolute Gasteiger partial charge is 0.241 e. The zero-order valence-electron chi connectivity index (χ0n) is 15.4. The maximum Gasteiger partial charge on any atom is 0.241 e. The first-order valence-corrected chi connectivity index (χ1v) is 9.42. The van der Waals surface area contributed by atoms with Gasteiger partial charge in [-0.05, 0) is 37.1 Å². The molecule has 1 aromatic rings. The van der Waals surface area contributed by atoms with E-state index in [2.05, 4.69) is 39.6 Å². The number of ether oxygens (including phenoxy) is 1. The summed E-state index contributed by atoms with van der Waals surface area (Å²) in [4.78, 5) is 14.8. The zero-order valence-corrected chi connectivity index (χ0v) is 15.4. The SMILES string of the molecule is CC(C)(CNC(=O)Cn1nnnc1C1CCCCC1)N1CCOCC1. The summed E-state index contributed by atoms with van der Waals surface area (Å²) in [6.07, 6.45) is 5.96. The average Bonchev–Trinajstić information content (AvgIpc) is 3.10. The van der Waals surface area contributed by atoms with Gasteiger partial charge < -0.3 is 10.1 Å². The molecule has 0 aromatic carbocycles. The molecule has 0 radical (unpaired) electrons. The number of amides is 1. The standard InChI is InChI=1S/C17H30N6O2/c1-17(2,22-8-10-25-11-9-22)13-18-15(24)12-23-16(19-20-21-23)14-6-4-3-5-7-14/h14H,3-13H2,1-2H3,(H,18,24). The Hall–Kier alpha value is -1.54. The van der Waals surface area contributed by atoms with Crippen molar-refractivity contribution in [2.75, 3.05) is 32.8 Å². The van der Waals surface area contributed by atoms with Crippen LogP contribution in [-0.2, 0) is 16.1 Å². The first-order chi connectivity index (χ1) is 12.1. The summed E-state index contributed by atoms with van der Waals surface area (Å²) in [5, 5.41) is 15.1. The Kier molecular flexibility index (Phi) is 6.01. The molecular weight excluding hydrogens is 320 g/mol. The Bertz CT molecular complexity index is 561. The van der Waals surface area contributed by atoms with Crippen molar-refractivity contribution < 1.29 is 9.53 Å². The molecule has 8 heteroatoms. The van der Waals surface area contributed by atoms with E-state index < -0.39 is 0 Å². The average molecular weight is 350 g/mol. The first kappa shape index (κ1) is 18.3. The highest BCUT2D eigenvalue weighted by atomic mass is 16.5. The molecule has 0 spiro atoms. The fourth-order valence-corrected chi connectivity index (χ4v) is 3.76. The van der Waals surface area contributed by atoms with Gasteiger partial charge in [0.1, 0.15) is 6.54 Å². The van der Waals surface area contributed by atoms with Crippen molar-refractivity contribution in [1.29, 1.82) is 0 Å². The Morgan fingerprint density at radius 2 is 1.96 bits per heavy atom. The normalized spacial score (nSPS) is 20.6. The van der Waals surface area contributed by atoms with Gasteiger partial charge in [0.2, 0.25) is 5.91 Å². The van der Waals surface area contributed by atoms with Gasteiger partial charge in [0.15, 0.2) is 5.82 Å². The van der Waals surface area contributed by atoms with E-state index in [1.807, 2.05) is 0 Å². The van der Waals surface area contributed by atoms with Crippen molar-refractivity contribution in [2.45, 2.75) is 64.0 Å². The van der Waals surface area contributed by atoms with Crippen molar-refractivity contribution in [1.82, 2.24) is 30.4 Å². The van der Waals surface area contributed by atoms with Crippen LogP contribution in [0.15, 0.2) is 0 Å². The number of carbonyl (C=O) groups is 1. The molecule has 140 valence electrons. The molecule has 0 bridgehead atoms. The van der Waals surface area contributed by atoms with Crippen LogP contribution in [0.2, 0.25) is 0 Å². The van der Waals surface area contributed by atoms with Crippen LogP contribution in [0.4, 0.5) is 0 Å². The molecule has 25 heavy (non-hydrogen) atoms. The van der Waals surface area contributed by atoms with Crippen LogP contribution in [0.25, 0.3) is 0 Å². The molecule has 2 fully saturated rings. The third-order valence-electron chi connectivity index (χ3n) is 5.41. The van der Waals surface area contributed by atoms with Crippen LogP contribution in [0.3, 0.4) is 0 Å². The van der Waals surface area contributed by atoms with Crippen LogP contribution in [0.5, 0.6) is 0 Å². The van der Waals surface area contributed by atoms with Crippen LogP contribution in [-0.4, -0.2) is 69.4 Å². The highest BCUT2D eigenvalue weighted by molar-refractivity contribution is 5.75. The van der Waals surface area contributed by atoms with Crippen molar-refractivity contribution in [2.24, 2.45) is 0 Å². The molecule has 2 heterocycles. The number of carbonyl (C=O) groups excluding carboxylic acids is 1. The highest BCUT2D eigenvalue weighted by Crippen LogP contribution is 2.30. The maximum absolute atomic E-state index is 12.4.